The van der Waals surface area contributed by atoms with Gasteiger partial charge in [0.05, 0.1) is 32.4 Å². The van der Waals surface area contributed by atoms with Crippen LogP contribution in [0.2, 0.25) is 0 Å². The highest BCUT2D eigenvalue weighted by Crippen LogP contribution is 1.87. The highest BCUT2D eigenvalue weighted by molar-refractivity contribution is 5.40. The van der Waals surface area contributed by atoms with E-state index < -0.39 is 0 Å². The summed E-state index contributed by atoms with van der Waals surface area (Å²) >= 11 is 0. The molecule has 0 saturated carbocycles. The maximum atomic E-state index is 5.34. The molecule has 0 radical (unpaired) electrons. The van der Waals surface area contributed by atoms with Crippen molar-refractivity contribution in [3.8, 4) is 0 Å². The maximum Gasteiger partial charge on any atom is 0.0893 e. The van der Waals surface area contributed by atoms with Crippen LogP contribution in [0.5, 0.6) is 0 Å². The first-order valence-corrected chi connectivity index (χ1v) is 6.15. The molecule has 0 rings (SSSR count). The molecule has 0 aromatic rings. The molecule has 0 aliphatic rings. The Labute approximate surface area is 98.8 Å². The molecule has 0 bridgehead atoms. The molecule has 0 atom stereocenters. The van der Waals surface area contributed by atoms with Crippen LogP contribution in [0.15, 0.2) is 9.98 Å². The van der Waals surface area contributed by atoms with Gasteiger partial charge in [-0.05, 0) is 12.8 Å². The smallest absolute Gasteiger partial charge is 0.0893 e. The van der Waals surface area contributed by atoms with E-state index in [9.17, 15) is 0 Å². The number of hydrogen-bond donors (Lipinski definition) is 0. The minimum absolute atomic E-state index is 0.617. The van der Waals surface area contributed by atoms with E-state index in [-0.39, 0.29) is 0 Å². The van der Waals surface area contributed by atoms with Crippen LogP contribution in [0.3, 0.4) is 0 Å². The summed E-state index contributed by atoms with van der Waals surface area (Å²) < 4.78 is 10.7. The summed E-state index contributed by atoms with van der Waals surface area (Å²) in [5.41, 5.74) is 0. The van der Waals surface area contributed by atoms with Gasteiger partial charge in [0.2, 0.25) is 0 Å². The highest BCUT2D eigenvalue weighted by atomic mass is 16.5. The predicted molar refractivity (Wildman–Crippen MR) is 66.4 cm³/mol. The molecule has 16 heavy (non-hydrogen) atoms. The van der Waals surface area contributed by atoms with Crippen LogP contribution >= 0.6 is 0 Å². The zero-order valence-corrected chi connectivity index (χ0v) is 10.6. The van der Waals surface area contributed by atoms with E-state index in [1.165, 1.54) is 6.42 Å². The van der Waals surface area contributed by atoms with Crippen LogP contribution in [0.4, 0.5) is 0 Å². The molecule has 0 amide bonds. The second-order valence-electron chi connectivity index (χ2n) is 3.44. The lowest BCUT2D eigenvalue weighted by Crippen LogP contribution is -2.07. The first-order chi connectivity index (χ1) is 7.91. The quantitative estimate of drug-likeness (QED) is 0.402. The maximum absolute atomic E-state index is 5.34. The van der Waals surface area contributed by atoms with E-state index >= 15 is 0 Å². The zero-order valence-electron chi connectivity index (χ0n) is 10.6. The predicted octanol–water partition coefficient (Wildman–Crippen LogP) is 2.40. The molecule has 0 unspecified atom stereocenters. The van der Waals surface area contributed by atoms with Crippen molar-refractivity contribution in [1.82, 2.24) is 0 Å². The first-order valence-electron chi connectivity index (χ1n) is 6.15. The zero-order chi connectivity index (χ0) is 11.9. The second kappa shape index (κ2) is 14.3. The molecule has 0 N–H and O–H groups in total. The van der Waals surface area contributed by atoms with Gasteiger partial charge in [0.1, 0.15) is 0 Å². The molecule has 0 saturated heterocycles. The van der Waals surface area contributed by atoms with Gasteiger partial charge in [0, 0.05) is 13.2 Å². The molecular formula is C12H24N2O2. The fourth-order valence-corrected chi connectivity index (χ4v) is 0.940. The third-order valence-electron chi connectivity index (χ3n) is 1.84. The Morgan fingerprint density at radius 1 is 0.812 bits per heavy atom. The minimum Gasteiger partial charge on any atom is -0.379 e. The van der Waals surface area contributed by atoms with Crippen molar-refractivity contribution in [2.24, 2.45) is 9.98 Å². The van der Waals surface area contributed by atoms with E-state index in [2.05, 4.69) is 29.8 Å². The third kappa shape index (κ3) is 13.3. The van der Waals surface area contributed by atoms with Crippen LogP contribution in [0.25, 0.3) is 0 Å². The Hall–Kier alpha value is -0.700. The summed E-state index contributed by atoms with van der Waals surface area (Å²) in [6.45, 7) is 8.43. The van der Waals surface area contributed by atoms with Gasteiger partial charge >= 0.3 is 0 Å². The lowest BCUT2D eigenvalue weighted by molar-refractivity contribution is 0.0498. The molecule has 0 spiro atoms. The Morgan fingerprint density at radius 2 is 1.50 bits per heavy atom. The van der Waals surface area contributed by atoms with Gasteiger partial charge in [-0.15, -0.1) is 0 Å². The van der Waals surface area contributed by atoms with E-state index in [4.69, 9.17) is 9.47 Å². The Balaban J connectivity index is 3.06. The fourth-order valence-electron chi connectivity index (χ4n) is 0.940. The fraction of sp³-hybridized carbons (Fsp3) is 0.917. The summed E-state index contributed by atoms with van der Waals surface area (Å²) in [4.78, 5) is 7.93. The van der Waals surface area contributed by atoms with Crippen LogP contribution in [0, 0.1) is 0 Å². The third-order valence-corrected chi connectivity index (χ3v) is 1.84. The monoisotopic (exact) mass is 228 g/mol. The lowest BCUT2D eigenvalue weighted by Gasteiger charge is -2.03. The van der Waals surface area contributed by atoms with Gasteiger partial charge in [-0.3, -0.25) is 0 Å². The molecule has 0 aromatic heterocycles. The van der Waals surface area contributed by atoms with Gasteiger partial charge in [-0.1, -0.05) is 20.3 Å². The van der Waals surface area contributed by atoms with Crippen molar-refractivity contribution in [3.05, 3.63) is 0 Å². The summed E-state index contributed by atoms with van der Waals surface area (Å²) in [7, 11) is 0. The highest BCUT2D eigenvalue weighted by Gasteiger charge is 1.88. The van der Waals surface area contributed by atoms with E-state index in [0.29, 0.717) is 26.4 Å². The molecule has 0 aliphatic carbocycles. The Morgan fingerprint density at radius 3 is 2.19 bits per heavy atom. The number of ether oxygens (including phenoxy) is 2. The van der Waals surface area contributed by atoms with Crippen molar-refractivity contribution in [3.63, 3.8) is 0 Å². The summed E-state index contributed by atoms with van der Waals surface area (Å²) in [5.74, 6) is 0. The molecule has 0 aliphatic heterocycles. The standard InChI is InChI=1S/C12H24N2O2/c1-3-5-8-15-10-11-16-9-7-14-12-13-6-4-2/h3-11H2,1-2H3. The molecule has 0 aromatic carbocycles. The van der Waals surface area contributed by atoms with Gasteiger partial charge in [0.25, 0.3) is 0 Å². The van der Waals surface area contributed by atoms with Crippen LogP contribution in [0.1, 0.15) is 33.1 Å². The molecule has 4 heteroatoms. The van der Waals surface area contributed by atoms with Crippen molar-refractivity contribution in [1.29, 1.82) is 0 Å². The number of hydrogen-bond acceptors (Lipinski definition) is 4. The average molecular weight is 228 g/mol. The largest absolute Gasteiger partial charge is 0.379 e. The van der Waals surface area contributed by atoms with Crippen LogP contribution in [-0.2, 0) is 9.47 Å². The van der Waals surface area contributed by atoms with Gasteiger partial charge in [-0.2, -0.15) is 0 Å². The second-order valence-corrected chi connectivity index (χ2v) is 3.44. The van der Waals surface area contributed by atoms with Crippen molar-refractivity contribution in [2.45, 2.75) is 33.1 Å². The van der Waals surface area contributed by atoms with Crippen molar-refractivity contribution >= 4 is 6.01 Å². The van der Waals surface area contributed by atoms with E-state index in [1.54, 1.807) is 0 Å². The Kier molecular flexibility index (Phi) is 13.7. The SMILES string of the molecule is CCCCOCCOCCN=C=NCCC. The molecular weight excluding hydrogens is 204 g/mol. The number of rotatable bonds is 11. The van der Waals surface area contributed by atoms with E-state index in [0.717, 1.165) is 26.0 Å². The van der Waals surface area contributed by atoms with Crippen molar-refractivity contribution in [2.75, 3.05) is 39.5 Å². The van der Waals surface area contributed by atoms with Gasteiger partial charge in [0.15, 0.2) is 0 Å². The lowest BCUT2D eigenvalue weighted by atomic mass is 10.4. The molecule has 0 fully saturated rings. The summed E-state index contributed by atoms with van der Waals surface area (Å²) in [6.07, 6.45) is 3.33. The van der Waals surface area contributed by atoms with E-state index in [1.807, 2.05) is 0 Å². The molecule has 4 nitrogen and oxygen atoms in total. The number of unbranched alkanes of at least 4 members (excludes halogenated alkanes) is 1. The minimum atomic E-state index is 0.617. The topological polar surface area (TPSA) is 43.2 Å². The normalized spacial score (nSPS) is 9.88. The van der Waals surface area contributed by atoms with Gasteiger partial charge in [-0.25, -0.2) is 9.98 Å². The number of aliphatic imine (C=N–C) groups is 2. The van der Waals surface area contributed by atoms with Gasteiger partial charge < -0.3 is 9.47 Å². The van der Waals surface area contributed by atoms with Crippen LogP contribution < -0.4 is 0 Å². The average Bonchev–Trinajstić information content (AvgIpc) is 2.31. The summed E-state index contributed by atoms with van der Waals surface area (Å²) in [6, 6.07) is 2.64. The molecule has 94 valence electrons. The number of nitrogens with zero attached hydrogens (tertiary/aromatic N) is 2. The first kappa shape index (κ1) is 15.3. The summed E-state index contributed by atoms with van der Waals surface area (Å²) in [5, 5.41) is 0. The van der Waals surface area contributed by atoms with Crippen LogP contribution in [-0.4, -0.2) is 45.5 Å². The Bertz CT molecular complexity index is 189. The molecule has 0 heterocycles. The van der Waals surface area contributed by atoms with Crippen molar-refractivity contribution < 1.29 is 9.47 Å².